The molecule has 6 aromatic carbocycles. The van der Waals surface area contributed by atoms with Crippen LogP contribution in [-0.4, -0.2) is 33.7 Å². The molecule has 3 aromatic heterocycles. The molecule has 0 aliphatic carbocycles. The molecule has 6 heteroatoms. The number of fused-ring (bicyclic) bond motifs is 9. The predicted octanol–water partition coefficient (Wildman–Crippen LogP) is 17.1. The molecule has 66 heavy (non-hydrogen) atoms. The number of nitrogens with one attached hydrogen (secondary N) is 3. The second-order valence-corrected chi connectivity index (χ2v) is 19.0. The third-order valence-corrected chi connectivity index (χ3v) is 14.2. The second-order valence-electron chi connectivity index (χ2n) is 19.0. The number of benzene rings is 6. The number of rotatable bonds is 26. The van der Waals surface area contributed by atoms with Crippen molar-refractivity contribution in [2.45, 2.75) is 136 Å². The van der Waals surface area contributed by atoms with Crippen molar-refractivity contribution in [2.75, 3.05) is 35.9 Å². The fourth-order valence-corrected chi connectivity index (χ4v) is 10.5. The van der Waals surface area contributed by atoms with Crippen molar-refractivity contribution in [3.63, 3.8) is 0 Å². The summed E-state index contributed by atoms with van der Waals surface area (Å²) < 4.78 is 7.02. The number of unbranched alkanes of at least 4 members (excludes halogenated alkanes) is 15. The molecule has 0 atom stereocenters. The molecule has 0 amide bonds. The second kappa shape index (κ2) is 22.1. The van der Waals surface area contributed by atoms with Crippen LogP contribution in [0, 0.1) is 0 Å². The largest absolute Gasteiger partial charge is 0.325 e. The molecular weight excluding hydrogens is 805 g/mol. The highest BCUT2D eigenvalue weighted by Crippen LogP contribution is 2.38. The molecule has 6 nitrogen and oxygen atoms in total. The van der Waals surface area contributed by atoms with Gasteiger partial charge in [-0.2, -0.15) is 0 Å². The first-order valence-corrected chi connectivity index (χ1v) is 26.1. The summed E-state index contributed by atoms with van der Waals surface area (Å²) in [5, 5.41) is 7.72. The van der Waals surface area contributed by atoms with Crippen molar-refractivity contribution in [2.24, 2.45) is 0 Å². The number of nitrogens with zero attached hydrogens (tertiary/aromatic N) is 3. The lowest BCUT2D eigenvalue weighted by Crippen LogP contribution is -2.15. The van der Waals surface area contributed by atoms with Crippen LogP contribution in [0.3, 0.4) is 0 Å². The normalized spacial score (nSPS) is 11.9. The zero-order valence-corrected chi connectivity index (χ0v) is 40.2. The Labute approximate surface area is 393 Å². The van der Waals surface area contributed by atoms with E-state index in [1.54, 1.807) is 0 Å². The van der Waals surface area contributed by atoms with Crippen molar-refractivity contribution in [3.8, 4) is 22.3 Å². The van der Waals surface area contributed by atoms with Gasteiger partial charge in [-0.05, 0) is 102 Å². The molecule has 0 aliphatic rings. The van der Waals surface area contributed by atoms with E-state index in [1.165, 1.54) is 203 Å². The maximum Gasteiger partial charge on any atom is 0.0706 e. The van der Waals surface area contributed by atoms with Gasteiger partial charge in [0.1, 0.15) is 0 Å². The standard InChI is InChI=1S/C60H74N6/c1-4-7-10-13-16-23-38-61-64-55-28-21-19-26-49(55)51-41-45(30-34-57(51)64)47-32-36-59-53(43-47)54-44-48(33-37-60(54)66(59)63-40-25-18-15-12-9-6-3)46-31-35-58-52(42-46)50-27-20-22-29-56(50)65(58)62-39-24-17-14-11-8-5-2/h19-22,26-37,41-44,61-63H,4-18,23-25,38-40H2,1-3H3. The van der Waals surface area contributed by atoms with E-state index in [-0.39, 0.29) is 0 Å². The Morgan fingerprint density at radius 2 is 0.530 bits per heavy atom. The van der Waals surface area contributed by atoms with Crippen molar-refractivity contribution in [1.82, 2.24) is 14.0 Å². The molecule has 0 saturated carbocycles. The summed E-state index contributed by atoms with van der Waals surface area (Å²) in [4.78, 5) is 0. The number of hydrogen-bond donors (Lipinski definition) is 3. The first-order chi connectivity index (χ1) is 32.7. The third kappa shape index (κ3) is 9.80. The SMILES string of the molecule is CCCCCCCCNn1c2ccccc2c2cc(-c3ccc4c(c3)c3cc(-c5ccc6c(c5)c5ccccc5n6NCCCCCCCC)ccc3n4NCCCCCCCC)ccc21. The molecule has 9 aromatic rings. The number of aromatic nitrogens is 3. The van der Waals surface area contributed by atoms with Gasteiger partial charge >= 0.3 is 0 Å². The van der Waals surface area contributed by atoms with E-state index in [2.05, 4.69) is 172 Å². The zero-order valence-electron chi connectivity index (χ0n) is 40.2. The van der Waals surface area contributed by atoms with Crippen molar-refractivity contribution in [3.05, 3.63) is 121 Å². The molecule has 0 radical (unpaired) electrons. The molecule has 0 spiro atoms. The first kappa shape index (κ1) is 45.3. The van der Waals surface area contributed by atoms with Crippen LogP contribution in [0.5, 0.6) is 0 Å². The maximum absolute atomic E-state index is 3.88. The van der Waals surface area contributed by atoms with Crippen LogP contribution in [0.2, 0.25) is 0 Å². The molecule has 3 heterocycles. The van der Waals surface area contributed by atoms with E-state index < -0.39 is 0 Å². The summed E-state index contributed by atoms with van der Waals surface area (Å²) in [5.41, 5.74) is 23.8. The Morgan fingerprint density at radius 3 is 0.848 bits per heavy atom. The van der Waals surface area contributed by atoms with Crippen LogP contribution < -0.4 is 16.3 Å². The van der Waals surface area contributed by atoms with Crippen LogP contribution >= 0.6 is 0 Å². The molecule has 3 N–H and O–H groups in total. The van der Waals surface area contributed by atoms with E-state index in [0.717, 1.165) is 19.6 Å². The smallest absolute Gasteiger partial charge is 0.0706 e. The fraction of sp³-hybridized carbons (Fsp3) is 0.400. The Bertz CT molecular complexity index is 2810. The quantitative estimate of drug-likeness (QED) is 0.0475. The minimum atomic E-state index is 0.954. The Hall–Kier alpha value is -5.88. The molecular formula is C60H74N6. The maximum atomic E-state index is 3.88. The van der Waals surface area contributed by atoms with E-state index in [0.29, 0.717) is 0 Å². The predicted molar refractivity (Wildman–Crippen MR) is 289 cm³/mol. The van der Waals surface area contributed by atoms with E-state index in [9.17, 15) is 0 Å². The zero-order chi connectivity index (χ0) is 45.1. The Morgan fingerprint density at radius 1 is 0.273 bits per heavy atom. The van der Waals surface area contributed by atoms with Crippen molar-refractivity contribution >= 4 is 65.4 Å². The van der Waals surface area contributed by atoms with Gasteiger partial charge in [-0.1, -0.05) is 178 Å². The highest BCUT2D eigenvalue weighted by molar-refractivity contribution is 6.13. The summed E-state index contributed by atoms with van der Waals surface area (Å²) in [5.74, 6) is 0. The average Bonchev–Trinajstić information content (AvgIpc) is 3.97. The first-order valence-electron chi connectivity index (χ1n) is 26.1. The molecule has 9 rings (SSSR count). The van der Waals surface area contributed by atoms with E-state index in [4.69, 9.17) is 0 Å². The van der Waals surface area contributed by atoms with Crippen molar-refractivity contribution < 1.29 is 0 Å². The van der Waals surface area contributed by atoms with Gasteiger partial charge in [0, 0.05) is 52.0 Å². The highest BCUT2D eigenvalue weighted by Gasteiger charge is 2.17. The van der Waals surface area contributed by atoms with Crippen molar-refractivity contribution in [1.29, 1.82) is 0 Å². The summed E-state index contributed by atoms with van der Waals surface area (Å²) in [6.45, 7) is 9.77. The molecule has 0 aliphatic heterocycles. The lowest BCUT2D eigenvalue weighted by atomic mass is 9.98. The molecule has 0 saturated heterocycles. The lowest BCUT2D eigenvalue weighted by molar-refractivity contribution is 0.610. The lowest BCUT2D eigenvalue weighted by Gasteiger charge is -2.12. The van der Waals surface area contributed by atoms with Gasteiger partial charge in [0.2, 0.25) is 0 Å². The van der Waals surface area contributed by atoms with Crippen LogP contribution in [0.1, 0.15) is 136 Å². The average molecular weight is 879 g/mol. The van der Waals surface area contributed by atoms with Crippen LogP contribution in [0.4, 0.5) is 0 Å². The van der Waals surface area contributed by atoms with Crippen LogP contribution in [-0.2, 0) is 0 Å². The van der Waals surface area contributed by atoms with E-state index in [1.807, 2.05) is 0 Å². The minimum absolute atomic E-state index is 0.954. The monoisotopic (exact) mass is 879 g/mol. The van der Waals surface area contributed by atoms with Crippen LogP contribution in [0.25, 0.3) is 87.7 Å². The summed E-state index contributed by atoms with van der Waals surface area (Å²) in [6, 6.07) is 46.1. The molecule has 344 valence electrons. The topological polar surface area (TPSA) is 50.9 Å². The number of hydrogen-bond acceptors (Lipinski definition) is 3. The minimum Gasteiger partial charge on any atom is -0.325 e. The van der Waals surface area contributed by atoms with Gasteiger partial charge in [-0.15, -0.1) is 0 Å². The van der Waals surface area contributed by atoms with Gasteiger partial charge in [0.25, 0.3) is 0 Å². The summed E-state index contributed by atoms with van der Waals surface area (Å²) in [6.07, 6.45) is 23.2. The summed E-state index contributed by atoms with van der Waals surface area (Å²) >= 11 is 0. The number of para-hydroxylation sites is 2. The molecule has 0 bridgehead atoms. The van der Waals surface area contributed by atoms with Gasteiger partial charge in [0.05, 0.1) is 33.1 Å². The highest BCUT2D eigenvalue weighted by atomic mass is 15.4. The fourth-order valence-electron chi connectivity index (χ4n) is 10.5. The van der Waals surface area contributed by atoms with Gasteiger partial charge in [0.15, 0.2) is 0 Å². The van der Waals surface area contributed by atoms with Gasteiger partial charge in [-0.25, -0.2) is 0 Å². The molecule has 0 unspecified atom stereocenters. The Kier molecular flexibility index (Phi) is 15.1. The summed E-state index contributed by atoms with van der Waals surface area (Å²) in [7, 11) is 0. The van der Waals surface area contributed by atoms with Gasteiger partial charge < -0.3 is 16.3 Å². The van der Waals surface area contributed by atoms with Crippen LogP contribution in [0.15, 0.2) is 121 Å². The van der Waals surface area contributed by atoms with Gasteiger partial charge in [-0.3, -0.25) is 14.0 Å². The van der Waals surface area contributed by atoms with E-state index >= 15 is 0 Å². The molecule has 0 fully saturated rings. The Balaban J connectivity index is 1.05. The third-order valence-electron chi connectivity index (χ3n) is 14.2.